The van der Waals surface area contributed by atoms with Gasteiger partial charge in [0, 0.05) is 50.4 Å². The number of ether oxygens (including phenoxy) is 1. The standard InChI is InChI=1S/C21H26ClN3O5S/c1-16(26)23-18-4-6-20(7-5-18)30-15-19(27)14-24-10-12-25(13-11-24)31(28,29)21-8-2-17(22)3-9-21/h2-9,19,27H,10-15H2,1H3,(H,23,26). The molecule has 2 aromatic rings. The summed E-state index contributed by atoms with van der Waals surface area (Å²) in [5, 5.41) is 13.5. The van der Waals surface area contributed by atoms with E-state index in [1.807, 2.05) is 4.90 Å². The summed E-state index contributed by atoms with van der Waals surface area (Å²) < 4.78 is 32.5. The number of carbonyl (C=O) groups is 1. The monoisotopic (exact) mass is 467 g/mol. The molecule has 8 nitrogen and oxygen atoms in total. The fourth-order valence-electron chi connectivity index (χ4n) is 3.29. The van der Waals surface area contributed by atoms with Crippen molar-refractivity contribution in [3.8, 4) is 5.75 Å². The highest BCUT2D eigenvalue weighted by molar-refractivity contribution is 7.89. The third kappa shape index (κ3) is 6.65. The Morgan fingerprint density at radius 2 is 1.71 bits per heavy atom. The van der Waals surface area contributed by atoms with Gasteiger partial charge in [0.25, 0.3) is 0 Å². The smallest absolute Gasteiger partial charge is 0.243 e. The van der Waals surface area contributed by atoms with Crippen LogP contribution in [0, 0.1) is 0 Å². The van der Waals surface area contributed by atoms with Crippen molar-refractivity contribution in [3.05, 3.63) is 53.6 Å². The summed E-state index contributed by atoms with van der Waals surface area (Å²) in [6.07, 6.45) is -0.713. The van der Waals surface area contributed by atoms with Crippen molar-refractivity contribution in [1.82, 2.24) is 9.21 Å². The van der Waals surface area contributed by atoms with Gasteiger partial charge in [-0.1, -0.05) is 11.6 Å². The minimum atomic E-state index is -3.55. The first-order valence-electron chi connectivity index (χ1n) is 9.90. The van der Waals surface area contributed by atoms with Gasteiger partial charge >= 0.3 is 0 Å². The van der Waals surface area contributed by atoms with Gasteiger partial charge in [-0.3, -0.25) is 9.69 Å². The van der Waals surface area contributed by atoms with Gasteiger partial charge < -0.3 is 15.2 Å². The third-order valence-corrected chi connectivity index (χ3v) is 7.03. The Morgan fingerprint density at radius 1 is 1.10 bits per heavy atom. The molecule has 1 heterocycles. The summed E-state index contributed by atoms with van der Waals surface area (Å²) >= 11 is 5.84. The molecule has 0 aliphatic carbocycles. The summed E-state index contributed by atoms with van der Waals surface area (Å²) in [5.74, 6) is 0.442. The molecule has 1 unspecified atom stereocenters. The Bertz CT molecular complexity index is 975. The number of halogens is 1. The summed E-state index contributed by atoms with van der Waals surface area (Å²) in [7, 11) is -3.55. The molecule has 0 radical (unpaired) electrons. The number of nitrogens with one attached hydrogen (secondary N) is 1. The molecule has 2 aromatic carbocycles. The number of rotatable bonds is 8. The van der Waals surface area contributed by atoms with Gasteiger partial charge in [-0.25, -0.2) is 8.42 Å². The largest absolute Gasteiger partial charge is 0.491 e. The van der Waals surface area contributed by atoms with Crippen molar-refractivity contribution in [2.24, 2.45) is 0 Å². The molecule has 0 saturated carbocycles. The van der Waals surface area contributed by atoms with Gasteiger partial charge in [0.1, 0.15) is 18.5 Å². The highest BCUT2D eigenvalue weighted by Gasteiger charge is 2.29. The maximum atomic E-state index is 12.7. The van der Waals surface area contributed by atoms with Crippen molar-refractivity contribution < 1.29 is 23.1 Å². The lowest BCUT2D eigenvalue weighted by Gasteiger charge is -2.34. The maximum absolute atomic E-state index is 12.7. The van der Waals surface area contributed by atoms with Gasteiger partial charge in [0.2, 0.25) is 15.9 Å². The number of carbonyl (C=O) groups excluding carboxylic acids is 1. The second-order valence-corrected chi connectivity index (χ2v) is 9.70. The van der Waals surface area contributed by atoms with Gasteiger partial charge in [-0.2, -0.15) is 4.31 Å². The molecule has 10 heteroatoms. The zero-order valence-corrected chi connectivity index (χ0v) is 18.8. The highest BCUT2D eigenvalue weighted by atomic mass is 35.5. The first-order valence-corrected chi connectivity index (χ1v) is 11.7. The Balaban J connectivity index is 1.44. The third-order valence-electron chi connectivity index (χ3n) is 4.87. The Kier molecular flexibility index (Phi) is 7.90. The number of nitrogens with zero attached hydrogens (tertiary/aromatic N) is 2. The van der Waals surface area contributed by atoms with Crippen LogP contribution in [0.2, 0.25) is 5.02 Å². The number of hydrogen-bond donors (Lipinski definition) is 2. The van der Waals surface area contributed by atoms with Crippen molar-refractivity contribution in [2.75, 3.05) is 44.6 Å². The normalized spacial score (nSPS) is 16.6. The van der Waals surface area contributed by atoms with E-state index in [9.17, 15) is 18.3 Å². The lowest BCUT2D eigenvalue weighted by Crippen LogP contribution is -2.50. The Morgan fingerprint density at radius 3 is 2.29 bits per heavy atom. The van der Waals surface area contributed by atoms with E-state index >= 15 is 0 Å². The number of benzene rings is 2. The number of β-amino-alcohol motifs (C(OH)–C–C–N with tert-alkyl or cyclic N) is 1. The predicted octanol–water partition coefficient (Wildman–Crippen LogP) is 2.04. The molecule has 1 amide bonds. The second-order valence-electron chi connectivity index (χ2n) is 7.33. The SMILES string of the molecule is CC(=O)Nc1ccc(OCC(O)CN2CCN(S(=O)(=O)c3ccc(Cl)cc3)CC2)cc1. The van der Waals surface area contributed by atoms with E-state index in [-0.39, 0.29) is 17.4 Å². The minimum Gasteiger partial charge on any atom is -0.491 e. The Labute approximate surface area is 187 Å². The molecule has 0 bridgehead atoms. The van der Waals surface area contributed by atoms with Crippen LogP contribution in [0.25, 0.3) is 0 Å². The van der Waals surface area contributed by atoms with Gasteiger partial charge in [-0.05, 0) is 48.5 Å². The lowest BCUT2D eigenvalue weighted by molar-refractivity contribution is -0.114. The zero-order valence-electron chi connectivity index (χ0n) is 17.2. The maximum Gasteiger partial charge on any atom is 0.243 e. The molecule has 168 valence electrons. The Hall–Kier alpha value is -2.17. The number of aliphatic hydroxyl groups excluding tert-OH is 1. The van der Waals surface area contributed by atoms with Crippen molar-refractivity contribution in [2.45, 2.75) is 17.9 Å². The second kappa shape index (κ2) is 10.4. The van der Waals surface area contributed by atoms with Crippen molar-refractivity contribution >= 4 is 33.2 Å². The fourth-order valence-corrected chi connectivity index (χ4v) is 4.84. The first kappa shape index (κ1) is 23.5. The van der Waals surface area contributed by atoms with E-state index in [0.29, 0.717) is 49.2 Å². The van der Waals surface area contributed by atoms with E-state index in [4.69, 9.17) is 16.3 Å². The number of piperazine rings is 1. The van der Waals surface area contributed by atoms with Crippen LogP contribution in [-0.4, -0.2) is 74.1 Å². The fraction of sp³-hybridized carbons (Fsp3) is 0.381. The zero-order chi connectivity index (χ0) is 22.4. The average Bonchev–Trinajstić information content (AvgIpc) is 2.73. The highest BCUT2D eigenvalue weighted by Crippen LogP contribution is 2.20. The van der Waals surface area contributed by atoms with Gasteiger partial charge in [0.15, 0.2) is 0 Å². The molecule has 0 aromatic heterocycles. The molecule has 1 aliphatic rings. The van der Waals surface area contributed by atoms with Crippen LogP contribution in [-0.2, 0) is 14.8 Å². The van der Waals surface area contributed by atoms with Crippen LogP contribution >= 0.6 is 11.6 Å². The number of aliphatic hydroxyl groups is 1. The van der Waals surface area contributed by atoms with Crippen LogP contribution in [0.5, 0.6) is 5.75 Å². The van der Waals surface area contributed by atoms with E-state index in [1.54, 1.807) is 36.4 Å². The van der Waals surface area contributed by atoms with Crippen LogP contribution in [0.3, 0.4) is 0 Å². The molecule has 1 aliphatic heterocycles. The molecule has 0 spiro atoms. The molecule has 1 fully saturated rings. The van der Waals surface area contributed by atoms with Crippen molar-refractivity contribution in [1.29, 1.82) is 0 Å². The van der Waals surface area contributed by atoms with Gasteiger partial charge in [-0.15, -0.1) is 0 Å². The molecule has 31 heavy (non-hydrogen) atoms. The minimum absolute atomic E-state index is 0.114. The van der Waals surface area contributed by atoms with Crippen LogP contribution < -0.4 is 10.1 Å². The molecular formula is C21H26ClN3O5S. The topological polar surface area (TPSA) is 99.2 Å². The number of amides is 1. The molecule has 3 rings (SSSR count). The van der Waals surface area contributed by atoms with Gasteiger partial charge in [0.05, 0.1) is 4.90 Å². The summed E-state index contributed by atoms with van der Waals surface area (Å²) in [6, 6.07) is 13.0. The number of anilines is 1. The summed E-state index contributed by atoms with van der Waals surface area (Å²) in [4.78, 5) is 13.3. The van der Waals surface area contributed by atoms with Crippen molar-refractivity contribution in [3.63, 3.8) is 0 Å². The first-order chi connectivity index (χ1) is 14.7. The van der Waals surface area contributed by atoms with Crippen LogP contribution in [0.4, 0.5) is 5.69 Å². The molecule has 1 atom stereocenters. The molecule has 1 saturated heterocycles. The average molecular weight is 468 g/mol. The van der Waals surface area contributed by atoms with E-state index in [2.05, 4.69) is 5.32 Å². The molecular weight excluding hydrogens is 442 g/mol. The van der Waals surface area contributed by atoms with Crippen LogP contribution in [0.15, 0.2) is 53.4 Å². The lowest BCUT2D eigenvalue weighted by atomic mass is 10.3. The number of hydrogen-bond acceptors (Lipinski definition) is 6. The van der Waals surface area contributed by atoms with E-state index < -0.39 is 16.1 Å². The quantitative estimate of drug-likeness (QED) is 0.616. The van der Waals surface area contributed by atoms with Crippen LogP contribution in [0.1, 0.15) is 6.92 Å². The number of sulfonamides is 1. The summed E-state index contributed by atoms with van der Waals surface area (Å²) in [5.41, 5.74) is 0.673. The van der Waals surface area contributed by atoms with E-state index in [0.717, 1.165) is 0 Å². The van der Waals surface area contributed by atoms with E-state index in [1.165, 1.54) is 23.4 Å². The molecule has 2 N–H and O–H groups in total. The predicted molar refractivity (Wildman–Crippen MR) is 119 cm³/mol. The summed E-state index contributed by atoms with van der Waals surface area (Å²) in [6.45, 7) is 3.69.